The molecule has 0 unspecified atom stereocenters. The number of hydrogen-bond donors (Lipinski definition) is 1. The second kappa shape index (κ2) is 10.8. The first-order valence-corrected chi connectivity index (χ1v) is 13.4. The minimum atomic E-state index is -0.605. The first-order chi connectivity index (χ1) is 18.0. The van der Waals surface area contributed by atoms with Crippen molar-refractivity contribution in [1.29, 1.82) is 0 Å². The maximum absolute atomic E-state index is 13.9. The number of nitrogens with zero attached hydrogens (tertiary/aromatic N) is 2. The van der Waals surface area contributed by atoms with Crippen molar-refractivity contribution in [3.05, 3.63) is 77.4 Å². The first-order valence-electron chi connectivity index (χ1n) is 13.4. The third-order valence-electron chi connectivity index (χ3n) is 7.75. The highest BCUT2D eigenvalue weighted by Gasteiger charge is 2.35. The van der Waals surface area contributed by atoms with Gasteiger partial charge in [0, 0.05) is 23.5 Å². The van der Waals surface area contributed by atoms with Crippen LogP contribution >= 0.6 is 0 Å². The van der Waals surface area contributed by atoms with Crippen LogP contribution in [-0.4, -0.2) is 41.2 Å². The zero-order valence-corrected chi connectivity index (χ0v) is 21.7. The predicted molar refractivity (Wildman–Crippen MR) is 146 cm³/mol. The van der Waals surface area contributed by atoms with E-state index in [1.54, 1.807) is 9.80 Å². The number of carbonyl (C=O) groups is 3. The summed E-state index contributed by atoms with van der Waals surface area (Å²) in [7, 11) is 0. The zero-order valence-electron chi connectivity index (χ0n) is 21.7. The Kier molecular flexibility index (Phi) is 7.26. The van der Waals surface area contributed by atoms with Gasteiger partial charge in [0.1, 0.15) is 12.6 Å². The summed E-state index contributed by atoms with van der Waals surface area (Å²) in [6.45, 7) is 4.18. The van der Waals surface area contributed by atoms with Crippen LogP contribution in [0.1, 0.15) is 66.9 Å². The number of rotatable bonds is 8. The summed E-state index contributed by atoms with van der Waals surface area (Å²) in [6.07, 6.45) is 5.92. The fourth-order valence-electron chi connectivity index (χ4n) is 5.72. The maximum Gasteiger partial charge on any atom is 0.259 e. The molecular formula is C31H35N3O3. The van der Waals surface area contributed by atoms with Gasteiger partial charge >= 0.3 is 0 Å². The van der Waals surface area contributed by atoms with Crippen LogP contribution in [0.15, 0.2) is 60.7 Å². The number of benzene rings is 3. The van der Waals surface area contributed by atoms with Crippen molar-refractivity contribution in [2.24, 2.45) is 0 Å². The number of anilines is 1. The molecule has 192 valence electrons. The van der Waals surface area contributed by atoms with Crippen LogP contribution in [0.4, 0.5) is 5.69 Å². The fourth-order valence-corrected chi connectivity index (χ4v) is 5.72. The summed E-state index contributed by atoms with van der Waals surface area (Å²) in [6, 6.07) is 19.0. The lowest BCUT2D eigenvalue weighted by atomic mass is 9.95. The van der Waals surface area contributed by atoms with Crippen molar-refractivity contribution >= 4 is 34.2 Å². The highest BCUT2D eigenvalue weighted by atomic mass is 16.2. The molecular weight excluding hydrogens is 462 g/mol. The van der Waals surface area contributed by atoms with Gasteiger partial charge in [0.2, 0.25) is 11.8 Å². The molecule has 6 nitrogen and oxygen atoms in total. The first kappa shape index (κ1) is 25.0. The van der Waals surface area contributed by atoms with E-state index in [0.29, 0.717) is 18.5 Å². The van der Waals surface area contributed by atoms with E-state index < -0.39 is 6.04 Å². The summed E-state index contributed by atoms with van der Waals surface area (Å²) in [5.74, 6) is -0.507. The van der Waals surface area contributed by atoms with Crippen LogP contribution < -0.4 is 10.2 Å². The summed E-state index contributed by atoms with van der Waals surface area (Å²) >= 11 is 0. The van der Waals surface area contributed by atoms with Crippen molar-refractivity contribution in [2.75, 3.05) is 11.4 Å². The van der Waals surface area contributed by atoms with Crippen molar-refractivity contribution in [3.63, 3.8) is 0 Å². The van der Waals surface area contributed by atoms with Gasteiger partial charge in [-0.05, 0) is 49.3 Å². The lowest BCUT2D eigenvalue weighted by Crippen LogP contribution is -2.53. The Morgan fingerprint density at radius 1 is 1.00 bits per heavy atom. The van der Waals surface area contributed by atoms with E-state index in [4.69, 9.17) is 0 Å². The largest absolute Gasteiger partial charge is 0.352 e. The lowest BCUT2D eigenvalue weighted by Gasteiger charge is -2.34. The minimum absolute atomic E-state index is 0.104. The van der Waals surface area contributed by atoms with E-state index >= 15 is 0 Å². The summed E-state index contributed by atoms with van der Waals surface area (Å²) in [5, 5.41) is 5.08. The number of nitrogens with one attached hydrogen (secondary N) is 1. The van der Waals surface area contributed by atoms with Gasteiger partial charge in [-0.2, -0.15) is 0 Å². The molecule has 0 radical (unpaired) electrons. The number of amides is 3. The van der Waals surface area contributed by atoms with Gasteiger partial charge in [-0.15, -0.1) is 0 Å². The summed E-state index contributed by atoms with van der Waals surface area (Å²) < 4.78 is 0. The second-order valence-electron chi connectivity index (χ2n) is 10.3. The Hall–Kier alpha value is -3.67. The van der Waals surface area contributed by atoms with E-state index in [1.165, 1.54) is 6.42 Å². The molecule has 3 aromatic carbocycles. The minimum Gasteiger partial charge on any atom is -0.352 e. The van der Waals surface area contributed by atoms with E-state index in [9.17, 15) is 14.4 Å². The third kappa shape index (κ3) is 5.10. The maximum atomic E-state index is 13.9. The second-order valence-corrected chi connectivity index (χ2v) is 10.3. The zero-order chi connectivity index (χ0) is 25.9. The molecule has 6 heteroatoms. The van der Waals surface area contributed by atoms with Gasteiger partial charge in [0.05, 0.1) is 5.69 Å². The van der Waals surface area contributed by atoms with Crippen LogP contribution in [0.2, 0.25) is 0 Å². The topological polar surface area (TPSA) is 69.7 Å². The van der Waals surface area contributed by atoms with E-state index in [1.807, 2.05) is 74.5 Å². The van der Waals surface area contributed by atoms with Crippen LogP contribution in [-0.2, 0) is 16.1 Å². The Balaban J connectivity index is 1.42. The SMILES string of the molecule is CC[C@@H](C(=O)NC1CCCCC1)N(Cc1ccc(C)cc1)C(=O)CN1C(=O)c2cccc3cccc1c23. The number of hydrogen-bond acceptors (Lipinski definition) is 3. The number of carbonyl (C=O) groups excluding carboxylic acids is 3. The Morgan fingerprint density at radius 2 is 1.70 bits per heavy atom. The summed E-state index contributed by atoms with van der Waals surface area (Å²) in [4.78, 5) is 44.0. The Bertz CT molecular complexity index is 1310. The molecule has 0 spiro atoms. The van der Waals surface area contributed by atoms with Crippen molar-refractivity contribution in [2.45, 2.75) is 71.0 Å². The fraction of sp³-hybridized carbons (Fsp3) is 0.387. The molecule has 1 atom stereocenters. The van der Waals surface area contributed by atoms with Gasteiger partial charge in [0.15, 0.2) is 0 Å². The van der Waals surface area contributed by atoms with Gasteiger partial charge in [-0.1, -0.05) is 80.3 Å². The van der Waals surface area contributed by atoms with Crippen LogP contribution in [0.5, 0.6) is 0 Å². The smallest absolute Gasteiger partial charge is 0.259 e. The molecule has 37 heavy (non-hydrogen) atoms. The van der Waals surface area contributed by atoms with Gasteiger partial charge in [-0.25, -0.2) is 0 Å². The molecule has 3 aromatic rings. The third-order valence-corrected chi connectivity index (χ3v) is 7.75. The van der Waals surface area contributed by atoms with E-state index in [0.717, 1.165) is 53.3 Å². The Morgan fingerprint density at radius 3 is 2.41 bits per heavy atom. The molecule has 2 aliphatic rings. The molecule has 1 N–H and O–H groups in total. The molecule has 0 aromatic heterocycles. The van der Waals surface area contributed by atoms with Crippen LogP contribution in [0, 0.1) is 6.92 Å². The molecule has 3 amide bonds. The van der Waals surface area contributed by atoms with Gasteiger partial charge < -0.3 is 10.2 Å². The van der Waals surface area contributed by atoms with Crippen LogP contribution in [0.3, 0.4) is 0 Å². The van der Waals surface area contributed by atoms with Gasteiger partial charge in [0.25, 0.3) is 5.91 Å². The standard InChI is InChI=1S/C31H35N3O3/c1-3-26(30(36)32-24-11-5-4-6-12-24)33(19-22-17-15-21(2)16-18-22)28(35)20-34-27-14-8-10-23-9-7-13-25(29(23)27)31(34)37/h7-10,13-18,24,26H,3-6,11-12,19-20H2,1-2H3,(H,32,36)/t26-/m0/s1. The molecule has 1 heterocycles. The van der Waals surface area contributed by atoms with Crippen LogP contribution in [0.25, 0.3) is 10.8 Å². The van der Waals surface area contributed by atoms with Crippen molar-refractivity contribution in [1.82, 2.24) is 10.2 Å². The highest BCUT2D eigenvalue weighted by molar-refractivity contribution is 6.26. The molecule has 1 aliphatic carbocycles. The molecule has 1 aliphatic heterocycles. The van der Waals surface area contributed by atoms with Crippen molar-refractivity contribution in [3.8, 4) is 0 Å². The molecule has 0 bridgehead atoms. The monoisotopic (exact) mass is 497 g/mol. The quantitative estimate of drug-likeness (QED) is 0.455. The Labute approximate surface area is 218 Å². The van der Waals surface area contributed by atoms with E-state index in [-0.39, 0.29) is 30.3 Å². The molecule has 1 saturated carbocycles. The average Bonchev–Trinajstić information content (AvgIpc) is 3.18. The predicted octanol–water partition coefficient (Wildman–Crippen LogP) is 5.36. The normalized spacial score (nSPS) is 16.2. The highest BCUT2D eigenvalue weighted by Crippen LogP contribution is 2.37. The van der Waals surface area contributed by atoms with Gasteiger partial charge in [-0.3, -0.25) is 19.3 Å². The molecule has 0 saturated heterocycles. The molecule has 5 rings (SSSR count). The summed E-state index contributed by atoms with van der Waals surface area (Å²) in [5.41, 5.74) is 3.47. The molecule has 1 fully saturated rings. The van der Waals surface area contributed by atoms with E-state index in [2.05, 4.69) is 5.32 Å². The number of aryl methyl sites for hydroxylation is 1. The average molecular weight is 498 g/mol. The lowest BCUT2D eigenvalue weighted by molar-refractivity contribution is -0.140. The van der Waals surface area contributed by atoms with Crippen molar-refractivity contribution < 1.29 is 14.4 Å².